The van der Waals surface area contributed by atoms with E-state index in [1.165, 1.54) is 0 Å². The summed E-state index contributed by atoms with van der Waals surface area (Å²) in [4.78, 5) is 0. The average molecular weight is 306 g/mol. The van der Waals surface area contributed by atoms with E-state index in [4.69, 9.17) is 21.1 Å². The van der Waals surface area contributed by atoms with Crippen LogP contribution in [-0.4, -0.2) is 14.2 Å². The molecule has 112 valence electrons. The summed E-state index contributed by atoms with van der Waals surface area (Å²) in [5.74, 6) is 1.62. The maximum absolute atomic E-state index is 6.13. The number of rotatable bonds is 6. The molecule has 0 unspecified atom stereocenters. The van der Waals surface area contributed by atoms with Crippen molar-refractivity contribution >= 4 is 11.6 Å². The number of ether oxygens (including phenoxy) is 2. The Kier molecular flexibility index (Phi) is 5.48. The zero-order valence-corrected chi connectivity index (χ0v) is 13.3. The van der Waals surface area contributed by atoms with Gasteiger partial charge in [0, 0.05) is 29.7 Å². The smallest absolute Gasteiger partial charge is 0.127 e. The number of halogens is 1. The standard InChI is InChI=1S/C17H20ClNO2/c1-12-4-5-13(8-16(12)18)10-19-11-14-6-7-15(20-2)9-17(14)21-3/h4-9,19H,10-11H2,1-3H3. The topological polar surface area (TPSA) is 30.5 Å². The van der Waals surface area contributed by atoms with Crippen LogP contribution in [0.4, 0.5) is 0 Å². The monoisotopic (exact) mass is 305 g/mol. The zero-order chi connectivity index (χ0) is 15.2. The summed E-state index contributed by atoms with van der Waals surface area (Å²) in [7, 11) is 3.31. The van der Waals surface area contributed by atoms with E-state index in [0.29, 0.717) is 0 Å². The third-order valence-corrected chi connectivity index (χ3v) is 3.78. The van der Waals surface area contributed by atoms with Crippen molar-refractivity contribution in [3.05, 3.63) is 58.1 Å². The lowest BCUT2D eigenvalue weighted by atomic mass is 10.1. The lowest BCUT2D eigenvalue weighted by Crippen LogP contribution is -2.13. The van der Waals surface area contributed by atoms with E-state index in [9.17, 15) is 0 Å². The minimum atomic E-state index is 0.721. The number of methoxy groups -OCH3 is 2. The van der Waals surface area contributed by atoms with Gasteiger partial charge in [0.2, 0.25) is 0 Å². The Hall–Kier alpha value is -1.71. The van der Waals surface area contributed by atoms with Crippen molar-refractivity contribution in [3.8, 4) is 11.5 Å². The number of nitrogens with one attached hydrogen (secondary N) is 1. The Morgan fingerprint density at radius 1 is 1.00 bits per heavy atom. The molecule has 2 aromatic rings. The van der Waals surface area contributed by atoms with E-state index in [1.54, 1.807) is 14.2 Å². The summed E-state index contributed by atoms with van der Waals surface area (Å²) in [5.41, 5.74) is 3.35. The second-order valence-corrected chi connectivity index (χ2v) is 5.27. The molecule has 2 aromatic carbocycles. The lowest BCUT2D eigenvalue weighted by Gasteiger charge is -2.11. The van der Waals surface area contributed by atoms with Crippen LogP contribution in [0.5, 0.6) is 11.5 Å². The number of benzene rings is 2. The van der Waals surface area contributed by atoms with Crippen molar-refractivity contribution in [2.45, 2.75) is 20.0 Å². The number of aryl methyl sites for hydroxylation is 1. The number of hydrogen-bond acceptors (Lipinski definition) is 3. The van der Waals surface area contributed by atoms with Crippen molar-refractivity contribution in [1.29, 1.82) is 0 Å². The molecule has 4 heteroatoms. The molecule has 0 atom stereocenters. The average Bonchev–Trinajstić information content (AvgIpc) is 2.51. The Morgan fingerprint density at radius 2 is 1.81 bits per heavy atom. The fourth-order valence-electron chi connectivity index (χ4n) is 2.09. The third-order valence-electron chi connectivity index (χ3n) is 3.38. The van der Waals surface area contributed by atoms with Gasteiger partial charge in [0.1, 0.15) is 11.5 Å². The third kappa shape index (κ3) is 4.13. The molecule has 1 N–H and O–H groups in total. The minimum Gasteiger partial charge on any atom is -0.497 e. The van der Waals surface area contributed by atoms with Gasteiger partial charge in [-0.1, -0.05) is 29.8 Å². The molecule has 0 amide bonds. The minimum absolute atomic E-state index is 0.721. The van der Waals surface area contributed by atoms with Crippen LogP contribution in [0.25, 0.3) is 0 Å². The molecular formula is C17H20ClNO2. The van der Waals surface area contributed by atoms with Gasteiger partial charge in [-0.2, -0.15) is 0 Å². The van der Waals surface area contributed by atoms with Crippen LogP contribution in [0, 0.1) is 6.92 Å². The van der Waals surface area contributed by atoms with Gasteiger partial charge in [-0.3, -0.25) is 0 Å². The maximum atomic E-state index is 6.13. The van der Waals surface area contributed by atoms with Crippen LogP contribution >= 0.6 is 11.6 Å². The van der Waals surface area contributed by atoms with E-state index in [-0.39, 0.29) is 0 Å². The molecule has 0 spiro atoms. The zero-order valence-electron chi connectivity index (χ0n) is 12.6. The second kappa shape index (κ2) is 7.34. The van der Waals surface area contributed by atoms with Crippen LogP contribution < -0.4 is 14.8 Å². The molecule has 3 nitrogen and oxygen atoms in total. The van der Waals surface area contributed by atoms with E-state index in [2.05, 4.69) is 11.4 Å². The molecule has 0 saturated heterocycles. The first-order valence-corrected chi connectivity index (χ1v) is 7.18. The van der Waals surface area contributed by atoms with Gasteiger partial charge in [0.05, 0.1) is 14.2 Å². The van der Waals surface area contributed by atoms with E-state index in [1.807, 2.05) is 37.3 Å². The molecular weight excluding hydrogens is 286 g/mol. The van der Waals surface area contributed by atoms with Gasteiger partial charge >= 0.3 is 0 Å². The highest BCUT2D eigenvalue weighted by Crippen LogP contribution is 2.24. The van der Waals surface area contributed by atoms with Crippen LogP contribution in [-0.2, 0) is 13.1 Å². The van der Waals surface area contributed by atoms with Crippen molar-refractivity contribution in [2.75, 3.05) is 14.2 Å². The first kappa shape index (κ1) is 15.7. The number of hydrogen-bond donors (Lipinski definition) is 1. The summed E-state index contributed by atoms with van der Waals surface area (Å²) in [6.45, 7) is 3.48. The maximum Gasteiger partial charge on any atom is 0.127 e. The molecule has 0 bridgehead atoms. The highest BCUT2D eigenvalue weighted by atomic mass is 35.5. The predicted octanol–water partition coefficient (Wildman–Crippen LogP) is 3.96. The molecule has 0 saturated carbocycles. The molecule has 0 aromatic heterocycles. The Bertz CT molecular complexity index is 614. The molecule has 0 aliphatic rings. The summed E-state index contributed by atoms with van der Waals surface area (Å²) in [6.07, 6.45) is 0. The van der Waals surface area contributed by atoms with E-state index < -0.39 is 0 Å². The molecule has 0 aliphatic carbocycles. The van der Waals surface area contributed by atoms with Gasteiger partial charge < -0.3 is 14.8 Å². The van der Waals surface area contributed by atoms with Crippen LogP contribution in [0.2, 0.25) is 5.02 Å². The van der Waals surface area contributed by atoms with Crippen molar-refractivity contribution in [1.82, 2.24) is 5.32 Å². The Morgan fingerprint density at radius 3 is 2.48 bits per heavy atom. The normalized spacial score (nSPS) is 10.5. The van der Waals surface area contributed by atoms with Crippen molar-refractivity contribution in [3.63, 3.8) is 0 Å². The SMILES string of the molecule is COc1ccc(CNCc2ccc(C)c(Cl)c2)c(OC)c1. The van der Waals surface area contributed by atoms with Gasteiger partial charge in [-0.25, -0.2) is 0 Å². The second-order valence-electron chi connectivity index (χ2n) is 4.86. The summed E-state index contributed by atoms with van der Waals surface area (Å²) in [5, 5.41) is 4.20. The van der Waals surface area contributed by atoms with Crippen LogP contribution in [0.15, 0.2) is 36.4 Å². The van der Waals surface area contributed by atoms with Gasteiger partial charge in [0.25, 0.3) is 0 Å². The lowest BCUT2D eigenvalue weighted by molar-refractivity contribution is 0.390. The predicted molar refractivity (Wildman–Crippen MR) is 86.3 cm³/mol. The van der Waals surface area contributed by atoms with Gasteiger partial charge in [0.15, 0.2) is 0 Å². The summed E-state index contributed by atoms with van der Waals surface area (Å²) < 4.78 is 10.6. The van der Waals surface area contributed by atoms with E-state index >= 15 is 0 Å². The highest BCUT2D eigenvalue weighted by molar-refractivity contribution is 6.31. The molecule has 21 heavy (non-hydrogen) atoms. The van der Waals surface area contributed by atoms with Crippen LogP contribution in [0.1, 0.15) is 16.7 Å². The largest absolute Gasteiger partial charge is 0.497 e. The fraction of sp³-hybridized carbons (Fsp3) is 0.294. The molecule has 0 heterocycles. The Balaban J connectivity index is 1.98. The summed E-state index contributed by atoms with van der Waals surface area (Å²) in [6, 6.07) is 11.9. The summed E-state index contributed by atoms with van der Waals surface area (Å²) >= 11 is 6.13. The van der Waals surface area contributed by atoms with E-state index in [0.717, 1.165) is 46.3 Å². The van der Waals surface area contributed by atoms with Crippen molar-refractivity contribution < 1.29 is 9.47 Å². The molecule has 0 aliphatic heterocycles. The van der Waals surface area contributed by atoms with Gasteiger partial charge in [-0.15, -0.1) is 0 Å². The van der Waals surface area contributed by atoms with Crippen LogP contribution in [0.3, 0.4) is 0 Å². The molecule has 2 rings (SSSR count). The molecule has 0 radical (unpaired) electrons. The van der Waals surface area contributed by atoms with Crippen molar-refractivity contribution in [2.24, 2.45) is 0 Å². The highest BCUT2D eigenvalue weighted by Gasteiger charge is 2.05. The Labute approximate surface area is 130 Å². The molecule has 0 fully saturated rings. The van der Waals surface area contributed by atoms with Gasteiger partial charge in [-0.05, 0) is 30.2 Å². The first-order valence-electron chi connectivity index (χ1n) is 6.80. The quantitative estimate of drug-likeness (QED) is 0.876. The first-order chi connectivity index (χ1) is 10.1. The fourth-order valence-corrected chi connectivity index (χ4v) is 2.29.